The van der Waals surface area contributed by atoms with Crippen molar-refractivity contribution in [3.05, 3.63) is 181 Å². The second-order valence-electron chi connectivity index (χ2n) is 13.7. The molecule has 5 heteroatoms. The molecule has 1 atom stereocenters. The van der Waals surface area contributed by atoms with Crippen molar-refractivity contribution < 1.29 is 26.2 Å². The van der Waals surface area contributed by atoms with E-state index in [9.17, 15) is 5.11 Å². The number of hydrogen-bond acceptors (Lipinski definition) is 4. The minimum Gasteiger partial charge on any atom is -0.507 e. The summed E-state index contributed by atoms with van der Waals surface area (Å²) >= 11 is 0. The number of benzene rings is 5. The maximum atomic E-state index is 11.0. The molecule has 2 aromatic heterocycles. The van der Waals surface area contributed by atoms with Crippen molar-refractivity contribution in [2.45, 2.75) is 39.0 Å². The Kier molecular flexibility index (Phi) is 10.6. The Balaban J connectivity index is 0.00000448. The second kappa shape index (κ2) is 15.3. The normalized spacial score (nSPS) is 11.8. The van der Waals surface area contributed by atoms with E-state index >= 15 is 0 Å². The van der Waals surface area contributed by atoms with Gasteiger partial charge in [0.25, 0.3) is 0 Å². The van der Waals surface area contributed by atoms with E-state index in [1.54, 1.807) is 6.07 Å². The number of hydrogen-bond donors (Lipinski definition) is 1. The number of aromatic hydroxyl groups is 1. The number of anilines is 3. The molecule has 0 saturated heterocycles. The van der Waals surface area contributed by atoms with Crippen molar-refractivity contribution in [1.82, 2.24) is 9.97 Å². The predicted molar refractivity (Wildman–Crippen MR) is 206 cm³/mol. The average Bonchev–Trinajstić information content (AvgIpc) is 3.15. The molecule has 0 radical (unpaired) electrons. The molecule has 51 heavy (non-hydrogen) atoms. The summed E-state index contributed by atoms with van der Waals surface area (Å²) in [6.45, 7) is 8.91. The van der Waals surface area contributed by atoms with Gasteiger partial charge in [-0.05, 0) is 81.5 Å². The molecule has 7 aromatic rings. The number of nitrogens with zero attached hydrogens (tertiary/aromatic N) is 3. The zero-order valence-corrected chi connectivity index (χ0v) is 31.5. The molecule has 0 aliphatic rings. The van der Waals surface area contributed by atoms with E-state index in [1.807, 2.05) is 60.8 Å². The molecule has 0 fully saturated rings. The number of aromatic nitrogens is 2. The molecule has 0 spiro atoms. The number of para-hydroxylation sites is 2. The molecule has 0 bridgehead atoms. The van der Waals surface area contributed by atoms with Gasteiger partial charge in [-0.2, -0.15) is 0 Å². The molecule has 1 unspecified atom stereocenters. The van der Waals surface area contributed by atoms with Crippen molar-refractivity contribution in [3.8, 4) is 39.4 Å². The number of phenols is 1. The van der Waals surface area contributed by atoms with Crippen LogP contribution in [-0.2, 0) is 26.5 Å². The zero-order chi connectivity index (χ0) is 34.7. The van der Waals surface area contributed by atoms with Gasteiger partial charge in [-0.3, -0.25) is 4.98 Å². The van der Waals surface area contributed by atoms with E-state index in [0.29, 0.717) is 11.3 Å². The Labute approximate surface area is 315 Å². The summed E-state index contributed by atoms with van der Waals surface area (Å²) in [6.07, 6.45) is 1.82. The first-order valence-electron chi connectivity index (χ1n) is 17.0. The van der Waals surface area contributed by atoms with Crippen LogP contribution in [0.3, 0.4) is 0 Å². The molecular formula is C46H40N3OPt-. The van der Waals surface area contributed by atoms with Crippen molar-refractivity contribution >= 4 is 17.2 Å². The monoisotopic (exact) mass is 845 g/mol. The van der Waals surface area contributed by atoms with Gasteiger partial charge in [0.1, 0.15) is 11.6 Å². The number of phenolic OH excluding ortho intramolecular Hbond substituents is 1. The molecule has 0 saturated carbocycles. The maximum Gasteiger partial charge on any atom is 0.136 e. The minimum atomic E-state index is -0.162. The number of pyridine rings is 2. The summed E-state index contributed by atoms with van der Waals surface area (Å²) in [5, 5.41) is 11.0. The quantitative estimate of drug-likeness (QED) is 0.155. The molecule has 256 valence electrons. The Hall–Kier alpha value is -5.31. The first-order valence-corrected chi connectivity index (χ1v) is 17.0. The predicted octanol–water partition coefficient (Wildman–Crippen LogP) is 11.9. The molecule has 7 rings (SSSR count). The van der Waals surface area contributed by atoms with Crippen LogP contribution in [0, 0.1) is 6.07 Å². The fraction of sp³-hybridized carbons (Fsp3) is 0.130. The third kappa shape index (κ3) is 7.88. The van der Waals surface area contributed by atoms with E-state index in [1.165, 1.54) is 11.1 Å². The molecule has 2 heterocycles. The van der Waals surface area contributed by atoms with E-state index < -0.39 is 0 Å². The van der Waals surface area contributed by atoms with Crippen LogP contribution in [0.1, 0.15) is 50.3 Å². The van der Waals surface area contributed by atoms with Gasteiger partial charge < -0.3 is 10.0 Å². The molecule has 1 N–H and O–H groups in total. The van der Waals surface area contributed by atoms with Crippen LogP contribution in [0.2, 0.25) is 0 Å². The summed E-state index contributed by atoms with van der Waals surface area (Å²) in [7, 11) is 0. The Morgan fingerprint density at radius 3 is 2.02 bits per heavy atom. The summed E-state index contributed by atoms with van der Waals surface area (Å²) in [6, 6.07) is 55.3. The van der Waals surface area contributed by atoms with Crippen molar-refractivity contribution in [3.63, 3.8) is 0 Å². The van der Waals surface area contributed by atoms with Crippen LogP contribution in [0.25, 0.3) is 33.6 Å². The molecule has 4 nitrogen and oxygen atoms in total. The summed E-state index contributed by atoms with van der Waals surface area (Å²) < 4.78 is 0. The summed E-state index contributed by atoms with van der Waals surface area (Å²) in [4.78, 5) is 12.1. The smallest absolute Gasteiger partial charge is 0.136 e. The largest absolute Gasteiger partial charge is 0.507 e. The zero-order valence-electron chi connectivity index (χ0n) is 29.2. The number of rotatable bonds is 8. The van der Waals surface area contributed by atoms with Crippen molar-refractivity contribution in [2.24, 2.45) is 0 Å². The van der Waals surface area contributed by atoms with Gasteiger partial charge in [0.2, 0.25) is 0 Å². The van der Waals surface area contributed by atoms with E-state index in [4.69, 9.17) is 9.97 Å². The van der Waals surface area contributed by atoms with Gasteiger partial charge in [0, 0.05) is 44.4 Å². The fourth-order valence-corrected chi connectivity index (χ4v) is 6.29. The van der Waals surface area contributed by atoms with Crippen LogP contribution in [0.5, 0.6) is 5.75 Å². The van der Waals surface area contributed by atoms with Gasteiger partial charge >= 0.3 is 0 Å². The van der Waals surface area contributed by atoms with Gasteiger partial charge in [-0.15, -0.1) is 29.3 Å². The van der Waals surface area contributed by atoms with Gasteiger partial charge in [0.15, 0.2) is 0 Å². The maximum absolute atomic E-state index is 11.0. The molecule has 0 aliphatic heterocycles. The Morgan fingerprint density at radius 2 is 1.31 bits per heavy atom. The minimum absolute atomic E-state index is 0. The van der Waals surface area contributed by atoms with Gasteiger partial charge in [0.05, 0.1) is 5.69 Å². The van der Waals surface area contributed by atoms with E-state index in [2.05, 4.69) is 130 Å². The Morgan fingerprint density at radius 1 is 0.647 bits per heavy atom. The van der Waals surface area contributed by atoms with Crippen LogP contribution >= 0.6 is 0 Å². The van der Waals surface area contributed by atoms with Crippen LogP contribution in [-0.4, -0.2) is 15.1 Å². The molecule has 0 aliphatic carbocycles. The topological polar surface area (TPSA) is 49.2 Å². The van der Waals surface area contributed by atoms with Crippen molar-refractivity contribution in [2.75, 3.05) is 4.90 Å². The third-order valence-corrected chi connectivity index (χ3v) is 9.16. The summed E-state index contributed by atoms with van der Waals surface area (Å²) in [5.74, 6) is 1.21. The van der Waals surface area contributed by atoms with Crippen LogP contribution in [0.4, 0.5) is 17.2 Å². The SMILES string of the molecule is CC(c1ccccc1)c1cccc(-c2cc(-c3[c-]c(N(c4ccccc4)c4ccccn4)cc(C(C)(C)C)c3)nc(-c3ccccc3O)c2)c1.[Pt]. The standard InChI is InChI=1S/C46H40N3O.Pt/c1-32(33-16-7-5-8-17-33)34-18-15-19-35(26-34)36-29-42(48-43(30-36)41-22-11-12-23-44(41)50)37-27-38(46(2,3)4)31-40(28-37)49(39-20-9-6-10-21-39)45-24-13-14-25-47-45;/h5-27,29-32,50H,1-4H3;/q-1;. The van der Waals surface area contributed by atoms with Crippen molar-refractivity contribution in [1.29, 1.82) is 0 Å². The Bertz CT molecular complexity index is 2190. The fourth-order valence-electron chi connectivity index (χ4n) is 6.29. The summed E-state index contributed by atoms with van der Waals surface area (Å²) in [5.41, 5.74) is 10.4. The van der Waals surface area contributed by atoms with Gasteiger partial charge in [-0.1, -0.05) is 125 Å². The molecule has 0 amide bonds. The van der Waals surface area contributed by atoms with Crippen LogP contribution in [0.15, 0.2) is 158 Å². The second-order valence-corrected chi connectivity index (χ2v) is 13.7. The molecule has 5 aromatic carbocycles. The van der Waals surface area contributed by atoms with Crippen LogP contribution < -0.4 is 4.90 Å². The first-order chi connectivity index (χ1) is 24.2. The van der Waals surface area contributed by atoms with E-state index in [-0.39, 0.29) is 38.1 Å². The van der Waals surface area contributed by atoms with E-state index in [0.717, 1.165) is 45.1 Å². The molecular weight excluding hydrogens is 806 g/mol. The van der Waals surface area contributed by atoms with Gasteiger partial charge in [-0.25, -0.2) is 4.98 Å². The third-order valence-electron chi connectivity index (χ3n) is 9.16. The first kappa shape index (κ1) is 35.5. The average molecular weight is 846 g/mol.